The van der Waals surface area contributed by atoms with E-state index >= 15 is 0 Å². The summed E-state index contributed by atoms with van der Waals surface area (Å²) >= 11 is 0. The number of aryl methyl sites for hydroxylation is 1. The Morgan fingerprint density at radius 2 is 1.57 bits per heavy atom. The van der Waals surface area contributed by atoms with E-state index in [2.05, 4.69) is 0 Å². The summed E-state index contributed by atoms with van der Waals surface area (Å²) in [5.74, 6) is -1.12. The number of halogens is 1. The van der Waals surface area contributed by atoms with Crippen LogP contribution < -0.4 is 4.74 Å². The van der Waals surface area contributed by atoms with E-state index in [1.165, 1.54) is 6.07 Å². The second kappa shape index (κ2) is 11.2. The maximum atomic E-state index is 13.9. The SMILES string of the molecule is Cc1cc(CN(Cc2ccccc2)C(=O)C2CCC(Oc3ccccc3F)CC2)ccc1C(=O)O. The molecule has 1 aliphatic carbocycles. The Balaban J connectivity index is 1.45. The van der Waals surface area contributed by atoms with Crippen LogP contribution >= 0.6 is 0 Å². The molecule has 5 nitrogen and oxygen atoms in total. The van der Waals surface area contributed by atoms with Gasteiger partial charge in [-0.1, -0.05) is 54.6 Å². The molecule has 4 rings (SSSR count). The number of carbonyl (C=O) groups is 2. The van der Waals surface area contributed by atoms with E-state index in [1.54, 1.807) is 37.3 Å². The molecule has 0 saturated heterocycles. The molecule has 0 radical (unpaired) electrons. The Morgan fingerprint density at radius 3 is 2.23 bits per heavy atom. The molecule has 0 spiro atoms. The van der Waals surface area contributed by atoms with Gasteiger partial charge in [-0.3, -0.25) is 4.79 Å². The molecule has 1 amide bonds. The van der Waals surface area contributed by atoms with Crippen LogP contribution in [0.2, 0.25) is 0 Å². The van der Waals surface area contributed by atoms with Gasteiger partial charge < -0.3 is 14.7 Å². The fraction of sp³-hybridized carbons (Fsp3) is 0.310. The van der Waals surface area contributed by atoms with E-state index in [0.29, 0.717) is 44.3 Å². The van der Waals surface area contributed by atoms with Crippen molar-refractivity contribution in [2.24, 2.45) is 5.92 Å². The summed E-state index contributed by atoms with van der Waals surface area (Å²) in [6, 6.07) is 21.5. The van der Waals surface area contributed by atoms with Gasteiger partial charge >= 0.3 is 5.97 Å². The van der Waals surface area contributed by atoms with Crippen LogP contribution in [0.15, 0.2) is 72.8 Å². The molecule has 1 fully saturated rings. The molecule has 35 heavy (non-hydrogen) atoms. The van der Waals surface area contributed by atoms with E-state index < -0.39 is 5.97 Å². The second-order valence-corrected chi connectivity index (χ2v) is 9.16. The Morgan fingerprint density at radius 1 is 0.914 bits per heavy atom. The van der Waals surface area contributed by atoms with E-state index in [1.807, 2.05) is 41.3 Å². The fourth-order valence-corrected chi connectivity index (χ4v) is 4.71. The second-order valence-electron chi connectivity index (χ2n) is 9.16. The van der Waals surface area contributed by atoms with Crippen LogP contribution in [0.4, 0.5) is 4.39 Å². The maximum absolute atomic E-state index is 13.9. The minimum absolute atomic E-state index is 0.0816. The van der Waals surface area contributed by atoms with Crippen molar-refractivity contribution in [2.45, 2.75) is 51.8 Å². The van der Waals surface area contributed by atoms with Crippen LogP contribution in [-0.4, -0.2) is 28.0 Å². The van der Waals surface area contributed by atoms with Crippen molar-refractivity contribution in [3.8, 4) is 5.75 Å². The number of ether oxygens (including phenoxy) is 1. The van der Waals surface area contributed by atoms with Gasteiger partial charge in [0.25, 0.3) is 0 Å². The molecule has 0 bridgehead atoms. The summed E-state index contributed by atoms with van der Waals surface area (Å²) in [4.78, 5) is 26.8. The number of hydrogen-bond donors (Lipinski definition) is 1. The van der Waals surface area contributed by atoms with Gasteiger partial charge in [0.1, 0.15) is 0 Å². The number of nitrogens with zero attached hydrogens (tertiary/aromatic N) is 1. The molecular weight excluding hydrogens is 445 g/mol. The molecule has 0 heterocycles. The Labute approximate surface area is 205 Å². The number of carboxylic acids is 1. The van der Waals surface area contributed by atoms with E-state index in [9.17, 15) is 19.1 Å². The van der Waals surface area contributed by atoms with Crippen LogP contribution in [0.1, 0.15) is 52.7 Å². The topological polar surface area (TPSA) is 66.8 Å². The minimum Gasteiger partial charge on any atom is -0.487 e. The number of carbonyl (C=O) groups excluding carboxylic acids is 1. The number of aromatic carboxylic acids is 1. The lowest BCUT2D eigenvalue weighted by Gasteiger charge is -2.32. The monoisotopic (exact) mass is 475 g/mol. The van der Waals surface area contributed by atoms with Crippen molar-refractivity contribution in [1.29, 1.82) is 0 Å². The molecule has 1 aliphatic rings. The van der Waals surface area contributed by atoms with Crippen LogP contribution in [0, 0.1) is 18.7 Å². The molecule has 0 atom stereocenters. The standard InChI is InChI=1S/C29H30FNO4/c1-20-17-22(11-16-25(20)29(33)34)19-31(18-21-7-3-2-4-8-21)28(32)23-12-14-24(15-13-23)35-27-10-6-5-9-26(27)30/h2-11,16-17,23-24H,12-15,18-19H2,1H3,(H,33,34). The van der Waals surface area contributed by atoms with Gasteiger partial charge in [0.2, 0.25) is 5.91 Å². The lowest BCUT2D eigenvalue weighted by atomic mass is 9.86. The zero-order chi connectivity index (χ0) is 24.8. The molecule has 3 aromatic carbocycles. The number of benzene rings is 3. The molecule has 0 aromatic heterocycles. The molecule has 0 unspecified atom stereocenters. The smallest absolute Gasteiger partial charge is 0.335 e. The van der Waals surface area contributed by atoms with E-state index in [-0.39, 0.29) is 35.1 Å². The Bertz CT molecular complexity index is 1170. The first-order chi connectivity index (χ1) is 16.9. The summed E-state index contributed by atoms with van der Waals surface area (Å²) in [6.07, 6.45) is 2.64. The average Bonchev–Trinajstić information content (AvgIpc) is 2.85. The number of carboxylic acid groups (broad SMARTS) is 1. The first-order valence-corrected chi connectivity index (χ1v) is 12.0. The fourth-order valence-electron chi connectivity index (χ4n) is 4.71. The first-order valence-electron chi connectivity index (χ1n) is 12.0. The predicted molar refractivity (Wildman–Crippen MR) is 132 cm³/mol. The predicted octanol–water partition coefficient (Wildman–Crippen LogP) is 6.00. The van der Waals surface area contributed by atoms with E-state index in [0.717, 1.165) is 11.1 Å². The summed E-state index contributed by atoms with van der Waals surface area (Å²) in [5.41, 5.74) is 2.88. The van der Waals surface area contributed by atoms with Crippen LogP contribution in [0.3, 0.4) is 0 Å². The van der Waals surface area contributed by atoms with Crippen LogP contribution in [-0.2, 0) is 17.9 Å². The number of rotatable bonds is 8. The maximum Gasteiger partial charge on any atom is 0.335 e. The minimum atomic E-state index is -0.958. The first kappa shape index (κ1) is 24.5. The number of para-hydroxylation sites is 1. The van der Waals surface area contributed by atoms with Gasteiger partial charge in [0.15, 0.2) is 11.6 Å². The zero-order valence-corrected chi connectivity index (χ0v) is 19.8. The summed E-state index contributed by atoms with van der Waals surface area (Å²) in [7, 11) is 0. The van der Waals surface area contributed by atoms with Gasteiger partial charge in [-0.25, -0.2) is 9.18 Å². The normalized spacial score (nSPS) is 17.5. The highest BCUT2D eigenvalue weighted by Crippen LogP contribution is 2.31. The van der Waals surface area contributed by atoms with Crippen molar-refractivity contribution >= 4 is 11.9 Å². The van der Waals surface area contributed by atoms with Gasteiger partial charge in [-0.05, 0) is 67.5 Å². The third kappa shape index (κ3) is 6.27. The van der Waals surface area contributed by atoms with Crippen molar-refractivity contribution in [2.75, 3.05) is 0 Å². The van der Waals surface area contributed by atoms with Crippen LogP contribution in [0.25, 0.3) is 0 Å². The van der Waals surface area contributed by atoms with Crippen molar-refractivity contribution in [1.82, 2.24) is 4.90 Å². The van der Waals surface area contributed by atoms with Gasteiger partial charge in [0, 0.05) is 19.0 Å². The van der Waals surface area contributed by atoms with E-state index in [4.69, 9.17) is 4.74 Å². The lowest BCUT2D eigenvalue weighted by Crippen LogP contribution is -2.38. The summed E-state index contributed by atoms with van der Waals surface area (Å²) in [5, 5.41) is 9.33. The Hall–Kier alpha value is -3.67. The third-order valence-electron chi connectivity index (χ3n) is 6.58. The van der Waals surface area contributed by atoms with Gasteiger partial charge in [0.05, 0.1) is 11.7 Å². The lowest BCUT2D eigenvalue weighted by molar-refractivity contribution is -0.138. The molecule has 1 N–H and O–H groups in total. The highest BCUT2D eigenvalue weighted by atomic mass is 19.1. The summed E-state index contributed by atoms with van der Waals surface area (Å²) in [6.45, 7) is 2.65. The largest absolute Gasteiger partial charge is 0.487 e. The highest BCUT2D eigenvalue weighted by Gasteiger charge is 2.31. The molecule has 1 saturated carbocycles. The number of amides is 1. The highest BCUT2D eigenvalue weighted by molar-refractivity contribution is 5.89. The average molecular weight is 476 g/mol. The molecule has 6 heteroatoms. The van der Waals surface area contributed by atoms with Crippen molar-refractivity contribution < 1.29 is 23.8 Å². The molecule has 182 valence electrons. The third-order valence-corrected chi connectivity index (χ3v) is 6.58. The Kier molecular flexibility index (Phi) is 7.80. The number of hydrogen-bond acceptors (Lipinski definition) is 3. The molecular formula is C29H30FNO4. The van der Waals surface area contributed by atoms with Crippen LogP contribution in [0.5, 0.6) is 5.75 Å². The van der Waals surface area contributed by atoms with Crippen molar-refractivity contribution in [3.63, 3.8) is 0 Å². The quantitative estimate of drug-likeness (QED) is 0.434. The van der Waals surface area contributed by atoms with Crippen molar-refractivity contribution in [3.05, 3.63) is 101 Å². The molecule has 3 aromatic rings. The van der Waals surface area contributed by atoms with Gasteiger partial charge in [-0.2, -0.15) is 0 Å². The molecule has 0 aliphatic heterocycles. The van der Waals surface area contributed by atoms with Gasteiger partial charge in [-0.15, -0.1) is 0 Å². The zero-order valence-electron chi connectivity index (χ0n) is 19.8. The summed E-state index contributed by atoms with van der Waals surface area (Å²) < 4.78 is 19.8.